The van der Waals surface area contributed by atoms with Crippen molar-refractivity contribution in [2.75, 3.05) is 13.1 Å². The van der Waals surface area contributed by atoms with Crippen LogP contribution in [0.3, 0.4) is 0 Å². The van der Waals surface area contributed by atoms with Gasteiger partial charge in [-0.3, -0.25) is 4.79 Å². The molecule has 2 fully saturated rings. The van der Waals surface area contributed by atoms with Gasteiger partial charge < -0.3 is 10.2 Å². The van der Waals surface area contributed by atoms with Gasteiger partial charge in [-0.05, 0) is 43.9 Å². The molecule has 0 saturated carbocycles. The Morgan fingerprint density at radius 3 is 2.84 bits per heavy atom. The standard InChI is InChI=1S/C15H19ClN2O/c16-12-6-2-1-5-11(12)14-8-4-10-18(14)15(19)13-7-3-9-17-13/h1-2,5-6,13-14,17H,3-4,7-10H2/t13-,14-/m0/s1. The summed E-state index contributed by atoms with van der Waals surface area (Å²) in [5.41, 5.74) is 1.09. The van der Waals surface area contributed by atoms with Gasteiger partial charge in [-0.25, -0.2) is 0 Å². The van der Waals surface area contributed by atoms with E-state index < -0.39 is 0 Å². The fourth-order valence-electron chi connectivity index (χ4n) is 3.19. The molecule has 4 heteroatoms. The Morgan fingerprint density at radius 2 is 2.11 bits per heavy atom. The van der Waals surface area contributed by atoms with E-state index in [-0.39, 0.29) is 18.0 Å². The van der Waals surface area contributed by atoms with Crippen LogP contribution in [0.1, 0.15) is 37.3 Å². The average molecular weight is 279 g/mol. The van der Waals surface area contributed by atoms with Crippen molar-refractivity contribution in [2.45, 2.75) is 37.8 Å². The van der Waals surface area contributed by atoms with E-state index in [0.717, 1.165) is 49.4 Å². The maximum atomic E-state index is 12.6. The molecule has 2 saturated heterocycles. The maximum absolute atomic E-state index is 12.6. The molecule has 2 heterocycles. The first-order valence-electron chi connectivity index (χ1n) is 7.05. The normalized spacial score (nSPS) is 26.9. The molecule has 0 unspecified atom stereocenters. The van der Waals surface area contributed by atoms with Gasteiger partial charge in [0.05, 0.1) is 12.1 Å². The van der Waals surface area contributed by atoms with E-state index in [0.29, 0.717) is 0 Å². The van der Waals surface area contributed by atoms with Crippen molar-refractivity contribution in [3.05, 3.63) is 34.9 Å². The largest absolute Gasteiger partial charge is 0.334 e. The Hall–Kier alpha value is -1.06. The number of hydrogen-bond donors (Lipinski definition) is 1. The Morgan fingerprint density at radius 1 is 1.26 bits per heavy atom. The van der Waals surface area contributed by atoms with E-state index in [2.05, 4.69) is 5.32 Å². The zero-order chi connectivity index (χ0) is 13.2. The van der Waals surface area contributed by atoms with Crippen LogP contribution in [0.4, 0.5) is 0 Å². The molecule has 3 rings (SSSR count). The van der Waals surface area contributed by atoms with Crippen LogP contribution < -0.4 is 5.32 Å². The quantitative estimate of drug-likeness (QED) is 0.902. The predicted molar refractivity (Wildman–Crippen MR) is 76.2 cm³/mol. The second kappa shape index (κ2) is 5.51. The fourth-order valence-corrected chi connectivity index (χ4v) is 3.46. The Kier molecular flexibility index (Phi) is 3.76. The molecular weight excluding hydrogens is 260 g/mol. The predicted octanol–water partition coefficient (Wildman–Crippen LogP) is 2.76. The molecule has 102 valence electrons. The highest BCUT2D eigenvalue weighted by Gasteiger charge is 2.35. The number of halogens is 1. The molecule has 0 aliphatic carbocycles. The van der Waals surface area contributed by atoms with Crippen LogP contribution in [-0.4, -0.2) is 29.9 Å². The summed E-state index contributed by atoms with van der Waals surface area (Å²) < 4.78 is 0. The van der Waals surface area contributed by atoms with Crippen molar-refractivity contribution in [3.63, 3.8) is 0 Å². The third kappa shape index (κ3) is 2.49. The molecule has 2 aliphatic rings. The van der Waals surface area contributed by atoms with Gasteiger partial charge in [-0.15, -0.1) is 0 Å². The Balaban J connectivity index is 1.81. The molecule has 2 atom stereocenters. The highest BCUT2D eigenvalue weighted by Crippen LogP contribution is 2.36. The lowest BCUT2D eigenvalue weighted by atomic mass is 10.0. The molecule has 0 bridgehead atoms. The smallest absolute Gasteiger partial charge is 0.240 e. The summed E-state index contributed by atoms with van der Waals surface area (Å²) in [6.07, 6.45) is 4.14. The van der Waals surface area contributed by atoms with Gasteiger partial charge in [0.2, 0.25) is 5.91 Å². The van der Waals surface area contributed by atoms with Crippen LogP contribution >= 0.6 is 11.6 Å². The number of carbonyl (C=O) groups excluding carboxylic acids is 1. The van der Waals surface area contributed by atoms with Crippen molar-refractivity contribution in [2.24, 2.45) is 0 Å². The molecule has 19 heavy (non-hydrogen) atoms. The minimum Gasteiger partial charge on any atom is -0.334 e. The summed E-state index contributed by atoms with van der Waals surface area (Å²) in [5.74, 6) is 0.250. The van der Waals surface area contributed by atoms with E-state index in [1.54, 1.807) is 0 Å². The van der Waals surface area contributed by atoms with Gasteiger partial charge in [0.1, 0.15) is 0 Å². The number of carbonyl (C=O) groups is 1. The van der Waals surface area contributed by atoms with Crippen LogP contribution in [0.25, 0.3) is 0 Å². The monoisotopic (exact) mass is 278 g/mol. The molecule has 1 N–H and O–H groups in total. The van der Waals surface area contributed by atoms with Crippen molar-refractivity contribution in [1.29, 1.82) is 0 Å². The summed E-state index contributed by atoms with van der Waals surface area (Å²) in [4.78, 5) is 14.6. The lowest BCUT2D eigenvalue weighted by molar-refractivity contribution is -0.134. The van der Waals surface area contributed by atoms with E-state index in [1.807, 2.05) is 29.2 Å². The SMILES string of the molecule is O=C([C@@H]1CCCN1)N1CCC[C@H]1c1ccccc1Cl. The second-order valence-electron chi connectivity index (χ2n) is 5.36. The van der Waals surface area contributed by atoms with Crippen molar-refractivity contribution < 1.29 is 4.79 Å². The lowest BCUT2D eigenvalue weighted by Crippen LogP contribution is -2.43. The Labute approximate surface area is 118 Å². The number of nitrogens with zero attached hydrogens (tertiary/aromatic N) is 1. The first-order valence-corrected chi connectivity index (χ1v) is 7.43. The molecule has 0 aromatic heterocycles. The average Bonchev–Trinajstić information content (AvgIpc) is 3.10. The maximum Gasteiger partial charge on any atom is 0.240 e. The third-order valence-electron chi connectivity index (χ3n) is 4.16. The topological polar surface area (TPSA) is 32.3 Å². The Bertz CT molecular complexity index is 471. The van der Waals surface area contributed by atoms with Gasteiger partial charge in [0, 0.05) is 11.6 Å². The zero-order valence-corrected chi connectivity index (χ0v) is 11.7. The number of nitrogens with one attached hydrogen (secondary N) is 1. The van der Waals surface area contributed by atoms with Gasteiger partial charge in [-0.2, -0.15) is 0 Å². The van der Waals surface area contributed by atoms with Crippen LogP contribution in [0, 0.1) is 0 Å². The van der Waals surface area contributed by atoms with Crippen molar-refractivity contribution >= 4 is 17.5 Å². The van der Waals surface area contributed by atoms with E-state index >= 15 is 0 Å². The molecule has 0 spiro atoms. The number of benzene rings is 1. The molecule has 1 aromatic carbocycles. The minimum atomic E-state index is 0.0167. The number of rotatable bonds is 2. The summed E-state index contributed by atoms with van der Waals surface area (Å²) in [6.45, 7) is 1.81. The fraction of sp³-hybridized carbons (Fsp3) is 0.533. The van der Waals surface area contributed by atoms with E-state index in [4.69, 9.17) is 11.6 Å². The highest BCUT2D eigenvalue weighted by molar-refractivity contribution is 6.31. The van der Waals surface area contributed by atoms with E-state index in [1.165, 1.54) is 0 Å². The van der Waals surface area contributed by atoms with Crippen LogP contribution in [0.2, 0.25) is 5.02 Å². The zero-order valence-electron chi connectivity index (χ0n) is 10.9. The summed E-state index contributed by atoms with van der Waals surface area (Å²) in [7, 11) is 0. The highest BCUT2D eigenvalue weighted by atomic mass is 35.5. The van der Waals surface area contributed by atoms with Crippen LogP contribution in [0.15, 0.2) is 24.3 Å². The molecule has 0 radical (unpaired) electrons. The summed E-state index contributed by atoms with van der Waals surface area (Å²) in [6, 6.07) is 8.06. The van der Waals surface area contributed by atoms with Gasteiger partial charge in [0.15, 0.2) is 0 Å². The van der Waals surface area contributed by atoms with Gasteiger partial charge >= 0.3 is 0 Å². The second-order valence-corrected chi connectivity index (χ2v) is 5.77. The van der Waals surface area contributed by atoms with Gasteiger partial charge in [-0.1, -0.05) is 29.8 Å². The summed E-state index contributed by atoms with van der Waals surface area (Å²) >= 11 is 6.28. The third-order valence-corrected chi connectivity index (χ3v) is 4.50. The minimum absolute atomic E-state index is 0.0167. The van der Waals surface area contributed by atoms with Crippen molar-refractivity contribution in [3.8, 4) is 0 Å². The van der Waals surface area contributed by atoms with Gasteiger partial charge in [0.25, 0.3) is 0 Å². The summed E-state index contributed by atoms with van der Waals surface area (Å²) in [5, 5.41) is 4.07. The van der Waals surface area contributed by atoms with Crippen molar-refractivity contribution in [1.82, 2.24) is 10.2 Å². The lowest BCUT2D eigenvalue weighted by Gasteiger charge is -2.28. The molecule has 1 aromatic rings. The number of amides is 1. The molecular formula is C15H19ClN2O. The van der Waals surface area contributed by atoms with E-state index in [9.17, 15) is 4.79 Å². The molecule has 1 amide bonds. The first kappa shape index (κ1) is 12.9. The first-order chi connectivity index (χ1) is 9.27. The van der Waals surface area contributed by atoms with Crippen LogP contribution in [-0.2, 0) is 4.79 Å². The molecule has 3 nitrogen and oxygen atoms in total. The molecule has 2 aliphatic heterocycles. The number of hydrogen-bond acceptors (Lipinski definition) is 2. The number of likely N-dealkylation sites (tertiary alicyclic amines) is 1. The van der Waals surface area contributed by atoms with Crippen LogP contribution in [0.5, 0.6) is 0 Å².